The zero-order valence-corrected chi connectivity index (χ0v) is 16.5. The Bertz CT molecular complexity index is 1510. The normalized spacial score (nSPS) is 11.8. The van der Waals surface area contributed by atoms with Gasteiger partial charge >= 0.3 is 11.9 Å². The highest BCUT2D eigenvalue weighted by atomic mass is 19.4. The molecule has 0 spiro atoms. The number of nitrogens with zero attached hydrogens (tertiary/aromatic N) is 3. The maximum absolute atomic E-state index is 14.8. The fourth-order valence-corrected chi connectivity index (χ4v) is 3.41. The van der Waals surface area contributed by atoms with E-state index < -0.39 is 34.6 Å². The molecule has 7 nitrogen and oxygen atoms in total. The molecule has 0 fully saturated rings. The van der Waals surface area contributed by atoms with E-state index in [1.54, 1.807) is 25.1 Å². The standard InChI is InChI=1S/C21H13F4N3O4/c1-10-3-4-11(9-29)12(5-10)19-13-6-15(14(22)7-16(13)32-26-19)28-18(30)8-17(21(23,24)25)27(2)20(28)31/h3-9H,1-2H3. The number of aromatic nitrogens is 3. The molecule has 32 heavy (non-hydrogen) atoms. The van der Waals surface area contributed by atoms with Crippen molar-refractivity contribution in [2.45, 2.75) is 13.1 Å². The fraction of sp³-hybridized carbons (Fsp3) is 0.143. The molecule has 0 unspecified atom stereocenters. The minimum absolute atomic E-state index is 0.0450. The lowest BCUT2D eigenvalue weighted by molar-refractivity contribution is -0.144. The Kier molecular flexibility index (Phi) is 4.83. The van der Waals surface area contributed by atoms with E-state index in [0.29, 0.717) is 11.8 Å². The third-order valence-electron chi connectivity index (χ3n) is 4.98. The SMILES string of the molecule is Cc1ccc(C=O)c(-c2noc3cc(F)c(-n4c(=O)cc(C(F)(F)F)n(C)c4=O)cc23)c1. The number of fused-ring (bicyclic) bond motifs is 1. The third kappa shape index (κ3) is 3.31. The lowest BCUT2D eigenvalue weighted by atomic mass is 10.00. The number of halogens is 4. The quantitative estimate of drug-likeness (QED) is 0.354. The van der Waals surface area contributed by atoms with Crippen molar-refractivity contribution in [2.75, 3.05) is 0 Å². The monoisotopic (exact) mass is 447 g/mol. The number of alkyl halides is 3. The molecule has 2 heterocycles. The van der Waals surface area contributed by atoms with Crippen LogP contribution in [0.3, 0.4) is 0 Å². The second kappa shape index (κ2) is 7.29. The van der Waals surface area contributed by atoms with Crippen LogP contribution in [0.15, 0.2) is 50.5 Å². The summed E-state index contributed by atoms with van der Waals surface area (Å²) < 4.78 is 59.7. The van der Waals surface area contributed by atoms with Gasteiger partial charge in [0.2, 0.25) is 0 Å². The van der Waals surface area contributed by atoms with E-state index in [1.165, 1.54) is 0 Å². The lowest BCUT2D eigenvalue weighted by Crippen LogP contribution is -2.41. The highest BCUT2D eigenvalue weighted by molar-refractivity contribution is 5.98. The van der Waals surface area contributed by atoms with Gasteiger partial charge in [-0.25, -0.2) is 13.8 Å². The van der Waals surface area contributed by atoms with Crippen LogP contribution in [0, 0.1) is 12.7 Å². The van der Waals surface area contributed by atoms with Gasteiger partial charge in [-0.15, -0.1) is 0 Å². The number of rotatable bonds is 3. The molecule has 11 heteroatoms. The molecule has 0 bridgehead atoms. The van der Waals surface area contributed by atoms with E-state index in [-0.39, 0.29) is 37.4 Å². The highest BCUT2D eigenvalue weighted by Crippen LogP contribution is 2.33. The summed E-state index contributed by atoms with van der Waals surface area (Å²) in [4.78, 5) is 36.4. The molecule has 0 saturated carbocycles. The van der Waals surface area contributed by atoms with Gasteiger partial charge in [0.1, 0.15) is 11.4 Å². The Morgan fingerprint density at radius 2 is 1.81 bits per heavy atom. The Hall–Kier alpha value is -4.02. The van der Waals surface area contributed by atoms with Crippen molar-refractivity contribution < 1.29 is 26.9 Å². The predicted molar refractivity (Wildman–Crippen MR) is 105 cm³/mol. The first kappa shape index (κ1) is 21.2. The van der Waals surface area contributed by atoms with Crippen LogP contribution in [0.4, 0.5) is 17.6 Å². The minimum Gasteiger partial charge on any atom is -0.356 e. The Labute approximate surface area is 176 Å². The number of aryl methyl sites for hydroxylation is 1. The molecular weight excluding hydrogens is 434 g/mol. The third-order valence-corrected chi connectivity index (χ3v) is 4.98. The van der Waals surface area contributed by atoms with Gasteiger partial charge in [0.05, 0.1) is 11.1 Å². The zero-order chi connectivity index (χ0) is 23.4. The van der Waals surface area contributed by atoms with Gasteiger partial charge in [-0.3, -0.25) is 14.2 Å². The molecule has 0 N–H and O–H groups in total. The molecule has 0 saturated heterocycles. The molecule has 0 aliphatic rings. The number of aldehydes is 1. The first-order valence-corrected chi connectivity index (χ1v) is 9.08. The van der Waals surface area contributed by atoms with Gasteiger partial charge in [0.15, 0.2) is 17.7 Å². The summed E-state index contributed by atoms with van der Waals surface area (Å²) in [7, 11) is 0.825. The largest absolute Gasteiger partial charge is 0.431 e. The number of hydrogen-bond acceptors (Lipinski definition) is 5. The van der Waals surface area contributed by atoms with Crippen molar-refractivity contribution in [3.8, 4) is 16.9 Å². The van der Waals surface area contributed by atoms with Gasteiger partial charge in [-0.05, 0) is 19.1 Å². The summed E-state index contributed by atoms with van der Waals surface area (Å²) in [6, 6.07) is 7.05. The van der Waals surface area contributed by atoms with Crippen molar-refractivity contribution in [3.63, 3.8) is 0 Å². The van der Waals surface area contributed by atoms with E-state index in [0.717, 1.165) is 24.7 Å². The van der Waals surface area contributed by atoms with Crippen molar-refractivity contribution in [2.24, 2.45) is 7.05 Å². The second-order valence-corrected chi connectivity index (χ2v) is 7.08. The summed E-state index contributed by atoms with van der Waals surface area (Å²) in [6.45, 7) is 1.77. The van der Waals surface area contributed by atoms with Crippen molar-refractivity contribution in [1.29, 1.82) is 0 Å². The van der Waals surface area contributed by atoms with Gasteiger partial charge in [0, 0.05) is 30.3 Å². The highest BCUT2D eigenvalue weighted by Gasteiger charge is 2.35. The maximum Gasteiger partial charge on any atom is 0.431 e. The van der Waals surface area contributed by atoms with Gasteiger partial charge in [-0.1, -0.05) is 22.9 Å². The van der Waals surface area contributed by atoms with Crippen molar-refractivity contribution in [3.05, 3.63) is 79.9 Å². The molecule has 0 radical (unpaired) electrons. The van der Waals surface area contributed by atoms with Crippen molar-refractivity contribution in [1.82, 2.24) is 14.3 Å². The summed E-state index contributed by atoms with van der Waals surface area (Å²) in [5.74, 6) is -1.08. The topological polar surface area (TPSA) is 87.1 Å². The van der Waals surface area contributed by atoms with Gasteiger partial charge in [-0.2, -0.15) is 13.2 Å². The minimum atomic E-state index is -4.95. The van der Waals surface area contributed by atoms with E-state index in [2.05, 4.69) is 5.16 Å². The van der Waals surface area contributed by atoms with E-state index in [9.17, 15) is 31.9 Å². The molecule has 4 aromatic rings. The first-order chi connectivity index (χ1) is 15.0. The number of hydrogen-bond donors (Lipinski definition) is 0. The molecule has 0 amide bonds. The average molecular weight is 447 g/mol. The van der Waals surface area contributed by atoms with E-state index in [4.69, 9.17) is 4.52 Å². The predicted octanol–water partition coefficient (Wildman–Crippen LogP) is 3.62. The molecular formula is C21H13F4N3O4. The molecule has 2 aromatic heterocycles. The number of carbonyl (C=O) groups excluding carboxylic acids is 1. The van der Waals surface area contributed by atoms with Crippen LogP contribution in [0.2, 0.25) is 0 Å². The average Bonchev–Trinajstić information content (AvgIpc) is 3.12. The molecule has 0 aliphatic carbocycles. The van der Waals surface area contributed by atoms with Crippen LogP contribution in [-0.4, -0.2) is 20.6 Å². The molecule has 2 aromatic carbocycles. The van der Waals surface area contributed by atoms with Crippen LogP contribution in [0.1, 0.15) is 21.6 Å². The summed E-state index contributed by atoms with van der Waals surface area (Å²) in [5, 5.41) is 4.04. The van der Waals surface area contributed by atoms with Crippen LogP contribution < -0.4 is 11.2 Å². The first-order valence-electron chi connectivity index (χ1n) is 9.08. The fourth-order valence-electron chi connectivity index (χ4n) is 3.41. The summed E-state index contributed by atoms with van der Waals surface area (Å²) >= 11 is 0. The zero-order valence-electron chi connectivity index (χ0n) is 16.5. The summed E-state index contributed by atoms with van der Waals surface area (Å²) in [5.41, 5.74) is -3.28. The Morgan fingerprint density at radius 3 is 2.47 bits per heavy atom. The van der Waals surface area contributed by atoms with Crippen molar-refractivity contribution >= 4 is 17.3 Å². The molecule has 0 atom stereocenters. The Morgan fingerprint density at radius 1 is 1.09 bits per heavy atom. The van der Waals surface area contributed by atoms with Gasteiger partial charge in [0.25, 0.3) is 5.56 Å². The number of carbonyl (C=O) groups is 1. The van der Waals surface area contributed by atoms with Crippen LogP contribution >= 0.6 is 0 Å². The van der Waals surface area contributed by atoms with Gasteiger partial charge < -0.3 is 4.52 Å². The van der Waals surface area contributed by atoms with Crippen LogP contribution in [0.5, 0.6) is 0 Å². The number of benzene rings is 2. The molecule has 0 aliphatic heterocycles. The van der Waals surface area contributed by atoms with E-state index in [1.807, 2.05) is 0 Å². The summed E-state index contributed by atoms with van der Waals surface area (Å²) in [6.07, 6.45) is -4.36. The van der Waals surface area contributed by atoms with Crippen LogP contribution in [-0.2, 0) is 13.2 Å². The lowest BCUT2D eigenvalue weighted by Gasteiger charge is -2.14. The second-order valence-electron chi connectivity index (χ2n) is 7.08. The van der Waals surface area contributed by atoms with Crippen LogP contribution in [0.25, 0.3) is 27.9 Å². The smallest absolute Gasteiger partial charge is 0.356 e. The molecule has 164 valence electrons. The maximum atomic E-state index is 14.8. The van der Waals surface area contributed by atoms with E-state index >= 15 is 0 Å². The molecule has 4 rings (SSSR count). The Balaban J connectivity index is 2.03.